The van der Waals surface area contributed by atoms with Crippen molar-refractivity contribution < 1.29 is 4.74 Å². The van der Waals surface area contributed by atoms with Crippen LogP contribution < -0.4 is 10.6 Å². The van der Waals surface area contributed by atoms with Gasteiger partial charge in [-0.05, 0) is 50.5 Å². The van der Waals surface area contributed by atoms with Crippen LogP contribution in [-0.4, -0.2) is 38.8 Å². The topological polar surface area (TPSA) is 45.7 Å². The lowest BCUT2D eigenvalue weighted by atomic mass is 10.2. The standard InChI is InChI=1S/C19H31N3O/c1-2-20-19(22-16-18-10-11-18)21-13-6-7-14-23-15-12-17-8-4-3-5-9-17/h3-5,8-9,18H,2,6-7,10-16H2,1H3,(H2,20,21,22). The number of hydrogen-bond donors (Lipinski definition) is 2. The Balaban J connectivity index is 1.45. The van der Waals surface area contributed by atoms with Gasteiger partial charge in [-0.2, -0.15) is 0 Å². The van der Waals surface area contributed by atoms with Crippen LogP contribution in [0.4, 0.5) is 0 Å². The van der Waals surface area contributed by atoms with Crippen LogP contribution >= 0.6 is 0 Å². The number of unbranched alkanes of at least 4 members (excludes halogenated alkanes) is 1. The number of benzene rings is 1. The molecule has 0 aromatic heterocycles. The first-order chi connectivity index (χ1) is 11.4. The molecule has 128 valence electrons. The molecule has 1 saturated carbocycles. The predicted octanol–water partition coefficient (Wildman–Crippen LogP) is 2.99. The molecule has 1 aromatic carbocycles. The summed E-state index contributed by atoms with van der Waals surface area (Å²) in [5.41, 5.74) is 1.34. The average molecular weight is 317 g/mol. The first-order valence-corrected chi connectivity index (χ1v) is 9.02. The van der Waals surface area contributed by atoms with E-state index < -0.39 is 0 Å². The number of nitrogens with one attached hydrogen (secondary N) is 2. The summed E-state index contributed by atoms with van der Waals surface area (Å²) in [4.78, 5) is 4.62. The SMILES string of the molecule is CCNC(=NCC1CC1)NCCCCOCCc1ccccc1. The highest BCUT2D eigenvalue weighted by molar-refractivity contribution is 5.79. The second kappa shape index (κ2) is 11.1. The van der Waals surface area contributed by atoms with Crippen LogP contribution in [0.25, 0.3) is 0 Å². The average Bonchev–Trinajstić information content (AvgIpc) is 3.40. The second-order valence-electron chi connectivity index (χ2n) is 6.14. The van der Waals surface area contributed by atoms with Gasteiger partial charge in [-0.25, -0.2) is 0 Å². The number of rotatable bonds is 11. The van der Waals surface area contributed by atoms with E-state index in [0.717, 1.165) is 64.0 Å². The van der Waals surface area contributed by atoms with Crippen molar-refractivity contribution in [2.75, 3.05) is 32.8 Å². The van der Waals surface area contributed by atoms with Crippen LogP contribution in [0.3, 0.4) is 0 Å². The summed E-state index contributed by atoms with van der Waals surface area (Å²) < 4.78 is 5.71. The molecule has 0 spiro atoms. The Morgan fingerprint density at radius 2 is 1.96 bits per heavy atom. The van der Waals surface area contributed by atoms with Crippen LogP contribution in [0.5, 0.6) is 0 Å². The molecule has 0 atom stereocenters. The molecule has 1 aliphatic rings. The summed E-state index contributed by atoms with van der Waals surface area (Å²) in [6.07, 6.45) is 5.90. The van der Waals surface area contributed by atoms with Gasteiger partial charge in [0, 0.05) is 26.2 Å². The summed E-state index contributed by atoms with van der Waals surface area (Å²) in [6.45, 7) is 6.59. The maximum absolute atomic E-state index is 5.71. The monoisotopic (exact) mass is 317 g/mol. The van der Waals surface area contributed by atoms with Crippen molar-refractivity contribution >= 4 is 5.96 Å². The molecular formula is C19H31N3O. The molecule has 0 unspecified atom stereocenters. The molecule has 0 heterocycles. The van der Waals surface area contributed by atoms with E-state index in [1.54, 1.807) is 0 Å². The molecule has 0 amide bonds. The zero-order valence-electron chi connectivity index (χ0n) is 14.4. The largest absolute Gasteiger partial charge is 0.381 e. The van der Waals surface area contributed by atoms with Crippen molar-refractivity contribution in [3.05, 3.63) is 35.9 Å². The van der Waals surface area contributed by atoms with Gasteiger partial charge in [-0.3, -0.25) is 4.99 Å². The van der Waals surface area contributed by atoms with E-state index in [4.69, 9.17) is 4.74 Å². The fourth-order valence-electron chi connectivity index (χ4n) is 2.34. The van der Waals surface area contributed by atoms with Gasteiger partial charge in [-0.1, -0.05) is 30.3 Å². The van der Waals surface area contributed by atoms with Crippen LogP contribution in [0, 0.1) is 5.92 Å². The maximum Gasteiger partial charge on any atom is 0.191 e. The number of ether oxygens (including phenoxy) is 1. The van der Waals surface area contributed by atoms with Crippen molar-refractivity contribution in [2.24, 2.45) is 10.9 Å². The molecule has 1 fully saturated rings. The molecule has 0 radical (unpaired) electrons. The highest BCUT2D eigenvalue weighted by Gasteiger charge is 2.20. The van der Waals surface area contributed by atoms with E-state index in [0.29, 0.717) is 0 Å². The molecular weight excluding hydrogens is 286 g/mol. The number of nitrogens with zero attached hydrogens (tertiary/aromatic N) is 1. The van der Waals surface area contributed by atoms with Crippen molar-refractivity contribution in [1.29, 1.82) is 0 Å². The van der Waals surface area contributed by atoms with E-state index in [1.807, 2.05) is 6.07 Å². The number of guanidine groups is 1. The fourth-order valence-corrected chi connectivity index (χ4v) is 2.34. The Hall–Kier alpha value is -1.55. The highest BCUT2D eigenvalue weighted by Crippen LogP contribution is 2.28. The Labute approximate surface area is 140 Å². The first kappa shape index (κ1) is 17.8. The summed E-state index contributed by atoms with van der Waals surface area (Å²) in [6, 6.07) is 10.5. The van der Waals surface area contributed by atoms with Crippen LogP contribution in [0.1, 0.15) is 38.2 Å². The Bertz CT molecular complexity index is 443. The lowest BCUT2D eigenvalue weighted by Gasteiger charge is -2.11. The molecule has 2 N–H and O–H groups in total. The first-order valence-electron chi connectivity index (χ1n) is 9.02. The van der Waals surface area contributed by atoms with Gasteiger partial charge in [0.15, 0.2) is 5.96 Å². The predicted molar refractivity (Wildman–Crippen MR) is 96.9 cm³/mol. The van der Waals surface area contributed by atoms with Gasteiger partial charge in [-0.15, -0.1) is 0 Å². The molecule has 2 rings (SSSR count). The summed E-state index contributed by atoms with van der Waals surface area (Å²) in [7, 11) is 0. The van der Waals surface area contributed by atoms with Crippen molar-refractivity contribution in [1.82, 2.24) is 10.6 Å². The third-order valence-electron chi connectivity index (χ3n) is 3.93. The van der Waals surface area contributed by atoms with E-state index in [2.05, 4.69) is 46.8 Å². The lowest BCUT2D eigenvalue weighted by Crippen LogP contribution is -2.38. The quantitative estimate of drug-likeness (QED) is 0.375. The molecule has 1 aliphatic carbocycles. The third kappa shape index (κ3) is 8.60. The fraction of sp³-hybridized carbons (Fsp3) is 0.632. The zero-order valence-corrected chi connectivity index (χ0v) is 14.4. The Kier molecular flexibility index (Phi) is 8.56. The minimum Gasteiger partial charge on any atom is -0.381 e. The summed E-state index contributed by atoms with van der Waals surface area (Å²) in [5.74, 6) is 1.80. The summed E-state index contributed by atoms with van der Waals surface area (Å²) in [5, 5.41) is 6.71. The third-order valence-corrected chi connectivity index (χ3v) is 3.93. The van der Waals surface area contributed by atoms with Gasteiger partial charge >= 0.3 is 0 Å². The lowest BCUT2D eigenvalue weighted by molar-refractivity contribution is 0.133. The van der Waals surface area contributed by atoms with Gasteiger partial charge in [0.1, 0.15) is 0 Å². The van der Waals surface area contributed by atoms with Crippen molar-refractivity contribution in [2.45, 2.75) is 39.0 Å². The van der Waals surface area contributed by atoms with Crippen LogP contribution in [0.15, 0.2) is 35.3 Å². The van der Waals surface area contributed by atoms with Gasteiger partial charge in [0.25, 0.3) is 0 Å². The van der Waals surface area contributed by atoms with E-state index in [1.165, 1.54) is 18.4 Å². The molecule has 0 aliphatic heterocycles. The molecule has 0 bridgehead atoms. The summed E-state index contributed by atoms with van der Waals surface area (Å²) >= 11 is 0. The molecule has 1 aromatic rings. The van der Waals surface area contributed by atoms with Crippen molar-refractivity contribution in [3.63, 3.8) is 0 Å². The van der Waals surface area contributed by atoms with Crippen LogP contribution in [0.2, 0.25) is 0 Å². The minimum atomic E-state index is 0.808. The van der Waals surface area contributed by atoms with Crippen molar-refractivity contribution in [3.8, 4) is 0 Å². The molecule has 23 heavy (non-hydrogen) atoms. The van der Waals surface area contributed by atoms with E-state index in [-0.39, 0.29) is 0 Å². The molecule has 4 heteroatoms. The molecule has 0 saturated heterocycles. The second-order valence-corrected chi connectivity index (χ2v) is 6.14. The van der Waals surface area contributed by atoms with E-state index >= 15 is 0 Å². The van der Waals surface area contributed by atoms with E-state index in [9.17, 15) is 0 Å². The molecule has 4 nitrogen and oxygen atoms in total. The number of hydrogen-bond acceptors (Lipinski definition) is 2. The zero-order chi connectivity index (χ0) is 16.2. The van der Waals surface area contributed by atoms with Gasteiger partial charge < -0.3 is 15.4 Å². The maximum atomic E-state index is 5.71. The Morgan fingerprint density at radius 3 is 2.70 bits per heavy atom. The Morgan fingerprint density at radius 1 is 1.13 bits per heavy atom. The smallest absolute Gasteiger partial charge is 0.191 e. The highest BCUT2D eigenvalue weighted by atomic mass is 16.5. The van der Waals surface area contributed by atoms with Crippen LogP contribution in [-0.2, 0) is 11.2 Å². The minimum absolute atomic E-state index is 0.808. The van der Waals surface area contributed by atoms with Gasteiger partial charge in [0.05, 0.1) is 6.61 Å². The normalized spacial score (nSPS) is 14.7. The van der Waals surface area contributed by atoms with Gasteiger partial charge in [0.2, 0.25) is 0 Å². The number of aliphatic imine (C=N–C) groups is 1.